The fourth-order valence-electron chi connectivity index (χ4n) is 1.79. The van der Waals surface area contributed by atoms with Crippen LogP contribution in [0, 0.1) is 5.92 Å². The third-order valence-electron chi connectivity index (χ3n) is 2.63. The minimum Gasteiger partial charge on any atom is -0.493 e. The molecule has 0 fully saturated rings. The third-order valence-corrected chi connectivity index (χ3v) is 3.31. The fraction of sp³-hybridized carbons (Fsp3) is 0.538. The molecule has 0 amide bonds. The topological polar surface area (TPSA) is 44.5 Å². The molecule has 0 spiro atoms. The van der Waals surface area contributed by atoms with Gasteiger partial charge in [-0.05, 0) is 30.0 Å². The van der Waals surface area contributed by atoms with E-state index in [1.54, 1.807) is 14.2 Å². The quantitative estimate of drug-likeness (QED) is 0.905. The summed E-state index contributed by atoms with van der Waals surface area (Å²) in [5.41, 5.74) is 7.24. The minimum atomic E-state index is 0.00387. The zero-order chi connectivity index (χ0) is 13.0. The predicted octanol–water partition coefficient (Wildman–Crippen LogP) is 3.51. The van der Waals surface area contributed by atoms with Gasteiger partial charge < -0.3 is 15.2 Å². The van der Waals surface area contributed by atoms with Crippen LogP contribution in [-0.2, 0) is 0 Å². The van der Waals surface area contributed by atoms with E-state index in [0.717, 1.165) is 16.5 Å². The van der Waals surface area contributed by atoms with Crippen LogP contribution in [0.1, 0.15) is 31.9 Å². The second-order valence-corrected chi connectivity index (χ2v) is 5.32. The van der Waals surface area contributed by atoms with Crippen LogP contribution in [0.2, 0.25) is 0 Å². The van der Waals surface area contributed by atoms with Crippen molar-refractivity contribution < 1.29 is 9.47 Å². The summed E-state index contributed by atoms with van der Waals surface area (Å²) in [6.45, 7) is 4.32. The normalized spacial score (nSPS) is 12.6. The largest absolute Gasteiger partial charge is 0.493 e. The molecular weight excluding hydrogens is 282 g/mol. The van der Waals surface area contributed by atoms with Crippen molar-refractivity contribution in [2.75, 3.05) is 14.2 Å². The molecule has 0 aliphatic rings. The Balaban J connectivity index is 3.07. The molecule has 96 valence electrons. The lowest BCUT2D eigenvalue weighted by Gasteiger charge is -2.18. The number of nitrogens with two attached hydrogens (primary N) is 1. The number of halogens is 1. The molecule has 0 heterocycles. The van der Waals surface area contributed by atoms with Crippen molar-refractivity contribution in [3.63, 3.8) is 0 Å². The Labute approximate surface area is 111 Å². The maximum Gasteiger partial charge on any atom is 0.161 e. The van der Waals surface area contributed by atoms with Crippen molar-refractivity contribution in [1.82, 2.24) is 0 Å². The van der Waals surface area contributed by atoms with Gasteiger partial charge in [0.15, 0.2) is 11.5 Å². The Hall–Kier alpha value is -0.740. The molecule has 1 rings (SSSR count). The summed E-state index contributed by atoms with van der Waals surface area (Å²) in [7, 11) is 3.25. The summed E-state index contributed by atoms with van der Waals surface area (Å²) in [4.78, 5) is 0. The second-order valence-electron chi connectivity index (χ2n) is 4.46. The van der Waals surface area contributed by atoms with Crippen LogP contribution >= 0.6 is 15.9 Å². The molecule has 0 aliphatic heterocycles. The van der Waals surface area contributed by atoms with Crippen molar-refractivity contribution in [1.29, 1.82) is 0 Å². The molecule has 17 heavy (non-hydrogen) atoms. The van der Waals surface area contributed by atoms with Gasteiger partial charge in [-0.15, -0.1) is 0 Å². The van der Waals surface area contributed by atoms with Crippen LogP contribution in [0.25, 0.3) is 0 Å². The van der Waals surface area contributed by atoms with Crippen molar-refractivity contribution >= 4 is 15.9 Å². The molecule has 0 aromatic heterocycles. The highest BCUT2D eigenvalue weighted by molar-refractivity contribution is 9.10. The van der Waals surface area contributed by atoms with E-state index in [9.17, 15) is 0 Å². The maximum atomic E-state index is 6.19. The van der Waals surface area contributed by atoms with Crippen molar-refractivity contribution in [3.05, 3.63) is 22.2 Å². The van der Waals surface area contributed by atoms with Crippen molar-refractivity contribution in [3.8, 4) is 11.5 Å². The standard InChI is InChI=1S/C13H20BrNO2/c1-8(2)5-11(15)9-6-12(16-3)13(17-4)7-10(9)14/h6-8,11H,5,15H2,1-4H3/t11-/m0/s1. The van der Waals surface area contributed by atoms with Gasteiger partial charge in [0.2, 0.25) is 0 Å². The average molecular weight is 302 g/mol. The van der Waals surface area contributed by atoms with Gasteiger partial charge in [-0.3, -0.25) is 0 Å². The number of benzene rings is 1. The first kappa shape index (κ1) is 14.3. The smallest absolute Gasteiger partial charge is 0.161 e. The fourth-order valence-corrected chi connectivity index (χ4v) is 2.41. The molecule has 0 saturated heterocycles. The number of rotatable bonds is 5. The van der Waals surface area contributed by atoms with Crippen molar-refractivity contribution in [2.24, 2.45) is 11.7 Å². The Morgan fingerprint density at radius 1 is 1.18 bits per heavy atom. The van der Waals surface area contributed by atoms with Gasteiger partial charge in [0, 0.05) is 10.5 Å². The van der Waals surface area contributed by atoms with Gasteiger partial charge in [-0.25, -0.2) is 0 Å². The van der Waals surface area contributed by atoms with Crippen LogP contribution in [-0.4, -0.2) is 14.2 Å². The van der Waals surface area contributed by atoms with E-state index in [2.05, 4.69) is 29.8 Å². The summed E-state index contributed by atoms with van der Waals surface area (Å²) in [5, 5.41) is 0. The van der Waals surface area contributed by atoms with E-state index in [-0.39, 0.29) is 6.04 Å². The lowest BCUT2D eigenvalue weighted by atomic mass is 9.97. The third kappa shape index (κ3) is 3.61. The zero-order valence-corrected chi connectivity index (χ0v) is 12.4. The summed E-state index contributed by atoms with van der Waals surface area (Å²) in [6.07, 6.45) is 0.939. The molecular formula is C13H20BrNO2. The summed E-state index contributed by atoms with van der Waals surface area (Å²) in [5.74, 6) is 1.98. The molecule has 4 heteroatoms. The number of ether oxygens (including phenoxy) is 2. The number of hydrogen-bond acceptors (Lipinski definition) is 3. The minimum absolute atomic E-state index is 0.00387. The molecule has 1 atom stereocenters. The van der Waals surface area contributed by atoms with Gasteiger partial charge in [0.1, 0.15) is 0 Å². The molecule has 0 unspecified atom stereocenters. The molecule has 2 N–H and O–H groups in total. The molecule has 0 aliphatic carbocycles. The van der Waals surface area contributed by atoms with Gasteiger partial charge >= 0.3 is 0 Å². The monoisotopic (exact) mass is 301 g/mol. The van der Waals surface area contributed by atoms with Crippen LogP contribution in [0.15, 0.2) is 16.6 Å². The first-order chi connectivity index (χ1) is 7.99. The second kappa shape index (κ2) is 6.26. The first-order valence-electron chi connectivity index (χ1n) is 5.66. The maximum absolute atomic E-state index is 6.19. The van der Waals surface area contributed by atoms with Crippen LogP contribution < -0.4 is 15.2 Å². The summed E-state index contributed by atoms with van der Waals surface area (Å²) in [6, 6.07) is 3.84. The van der Waals surface area contributed by atoms with E-state index in [0.29, 0.717) is 17.4 Å². The van der Waals surface area contributed by atoms with Crippen LogP contribution in [0.3, 0.4) is 0 Å². The Bertz CT molecular complexity index is 380. The number of methoxy groups -OCH3 is 2. The van der Waals surface area contributed by atoms with E-state index < -0.39 is 0 Å². The van der Waals surface area contributed by atoms with E-state index in [1.165, 1.54) is 0 Å². The SMILES string of the molecule is COc1cc(Br)c([C@@H](N)CC(C)C)cc1OC. The zero-order valence-electron chi connectivity index (χ0n) is 10.8. The first-order valence-corrected chi connectivity index (χ1v) is 6.45. The Kier molecular flexibility index (Phi) is 5.28. The van der Waals surface area contributed by atoms with Gasteiger partial charge in [-0.2, -0.15) is 0 Å². The average Bonchev–Trinajstić information content (AvgIpc) is 2.27. The molecule has 3 nitrogen and oxygen atoms in total. The van der Waals surface area contributed by atoms with Gasteiger partial charge in [0.25, 0.3) is 0 Å². The highest BCUT2D eigenvalue weighted by Gasteiger charge is 2.15. The Morgan fingerprint density at radius 3 is 2.18 bits per heavy atom. The molecule has 1 aromatic carbocycles. The number of hydrogen-bond donors (Lipinski definition) is 1. The molecule has 0 saturated carbocycles. The van der Waals surface area contributed by atoms with E-state index in [4.69, 9.17) is 15.2 Å². The molecule has 0 bridgehead atoms. The summed E-state index contributed by atoms with van der Waals surface area (Å²) < 4.78 is 11.5. The van der Waals surface area contributed by atoms with Gasteiger partial charge in [0.05, 0.1) is 14.2 Å². The highest BCUT2D eigenvalue weighted by atomic mass is 79.9. The lowest BCUT2D eigenvalue weighted by molar-refractivity contribution is 0.353. The van der Waals surface area contributed by atoms with Crippen LogP contribution in [0.5, 0.6) is 11.5 Å². The van der Waals surface area contributed by atoms with Gasteiger partial charge in [-0.1, -0.05) is 29.8 Å². The lowest BCUT2D eigenvalue weighted by Crippen LogP contribution is -2.13. The van der Waals surface area contributed by atoms with Crippen LogP contribution in [0.4, 0.5) is 0 Å². The molecule has 0 radical (unpaired) electrons. The molecule has 1 aromatic rings. The predicted molar refractivity (Wildman–Crippen MR) is 73.6 cm³/mol. The van der Waals surface area contributed by atoms with E-state index in [1.807, 2.05) is 12.1 Å². The highest BCUT2D eigenvalue weighted by Crippen LogP contribution is 2.36. The van der Waals surface area contributed by atoms with E-state index >= 15 is 0 Å². The Morgan fingerprint density at radius 2 is 1.71 bits per heavy atom. The summed E-state index contributed by atoms with van der Waals surface area (Å²) >= 11 is 3.53. The van der Waals surface area contributed by atoms with Crippen molar-refractivity contribution in [2.45, 2.75) is 26.3 Å².